The summed E-state index contributed by atoms with van der Waals surface area (Å²) in [4.78, 5) is 0.305. The van der Waals surface area contributed by atoms with Crippen LogP contribution < -0.4 is 5.32 Å². The van der Waals surface area contributed by atoms with Crippen LogP contribution >= 0.6 is 0 Å². The summed E-state index contributed by atoms with van der Waals surface area (Å²) in [5.74, 6) is 0. The Balaban J connectivity index is 3.13. The summed E-state index contributed by atoms with van der Waals surface area (Å²) in [6.45, 7) is 3.49. The second-order valence-electron chi connectivity index (χ2n) is 2.65. The maximum absolute atomic E-state index is 11.1. The molecule has 0 bridgehead atoms. The van der Waals surface area contributed by atoms with E-state index in [2.05, 4.69) is 11.9 Å². The topological polar surface area (TPSA) is 46.2 Å². The van der Waals surface area contributed by atoms with Gasteiger partial charge in [0.15, 0.2) is 9.84 Å². The fraction of sp³-hybridized carbons (Fsp3) is 0.111. The van der Waals surface area contributed by atoms with Crippen molar-refractivity contribution in [3.8, 4) is 0 Å². The average molecular weight is 197 g/mol. The van der Waals surface area contributed by atoms with Gasteiger partial charge < -0.3 is 5.32 Å². The van der Waals surface area contributed by atoms with E-state index in [0.717, 1.165) is 5.69 Å². The van der Waals surface area contributed by atoms with Crippen LogP contribution in [-0.4, -0.2) is 14.7 Å². The van der Waals surface area contributed by atoms with Gasteiger partial charge in [-0.1, -0.05) is 12.6 Å². The standard InChI is InChI=1S/C9H11NO2S/c1-3-10-8-5-4-6-9(7-8)13(2,11)12/h3-7,10H,1H2,2H3. The van der Waals surface area contributed by atoms with Crippen molar-refractivity contribution >= 4 is 15.5 Å². The van der Waals surface area contributed by atoms with Gasteiger partial charge >= 0.3 is 0 Å². The van der Waals surface area contributed by atoms with E-state index >= 15 is 0 Å². The Labute approximate surface area is 78.0 Å². The largest absolute Gasteiger partial charge is 0.362 e. The molecular weight excluding hydrogens is 186 g/mol. The molecule has 0 spiro atoms. The highest BCUT2D eigenvalue weighted by atomic mass is 32.2. The van der Waals surface area contributed by atoms with Crippen molar-refractivity contribution in [3.63, 3.8) is 0 Å². The van der Waals surface area contributed by atoms with Gasteiger partial charge in [0.25, 0.3) is 0 Å². The SMILES string of the molecule is C=CNc1cccc(S(C)(=O)=O)c1. The summed E-state index contributed by atoms with van der Waals surface area (Å²) >= 11 is 0. The van der Waals surface area contributed by atoms with Crippen molar-refractivity contribution in [2.24, 2.45) is 0 Å². The maximum atomic E-state index is 11.1. The third kappa shape index (κ3) is 2.59. The minimum Gasteiger partial charge on any atom is -0.362 e. The van der Waals surface area contributed by atoms with Gasteiger partial charge in [0.2, 0.25) is 0 Å². The van der Waals surface area contributed by atoms with Crippen LogP contribution in [0.15, 0.2) is 41.9 Å². The molecule has 0 fully saturated rings. The summed E-state index contributed by atoms with van der Waals surface area (Å²) in [5, 5.41) is 2.82. The fourth-order valence-corrected chi connectivity index (χ4v) is 1.60. The molecule has 1 aromatic carbocycles. The van der Waals surface area contributed by atoms with E-state index < -0.39 is 9.84 Å². The number of anilines is 1. The number of sulfone groups is 1. The highest BCUT2D eigenvalue weighted by Gasteiger charge is 2.06. The van der Waals surface area contributed by atoms with Gasteiger partial charge in [0, 0.05) is 11.9 Å². The van der Waals surface area contributed by atoms with Crippen LogP contribution in [0.3, 0.4) is 0 Å². The first-order valence-corrected chi connectivity index (χ1v) is 5.61. The van der Waals surface area contributed by atoms with E-state index in [1.165, 1.54) is 12.5 Å². The van der Waals surface area contributed by atoms with Gasteiger partial charge in [-0.15, -0.1) is 0 Å². The van der Waals surface area contributed by atoms with E-state index in [0.29, 0.717) is 4.90 Å². The first-order chi connectivity index (χ1) is 6.04. The molecule has 0 saturated heterocycles. The summed E-state index contributed by atoms with van der Waals surface area (Å²) in [5.41, 5.74) is 0.720. The van der Waals surface area contributed by atoms with Gasteiger partial charge in [-0.25, -0.2) is 8.42 Å². The van der Waals surface area contributed by atoms with Crippen molar-refractivity contribution in [2.45, 2.75) is 4.90 Å². The summed E-state index contributed by atoms with van der Waals surface area (Å²) in [6.07, 6.45) is 2.68. The Morgan fingerprint density at radius 2 is 2.15 bits per heavy atom. The second kappa shape index (κ2) is 3.62. The third-order valence-electron chi connectivity index (χ3n) is 1.53. The van der Waals surface area contributed by atoms with Gasteiger partial charge in [-0.3, -0.25) is 0 Å². The molecule has 70 valence electrons. The molecular formula is C9H11NO2S. The quantitative estimate of drug-likeness (QED) is 0.801. The van der Waals surface area contributed by atoms with E-state index in [4.69, 9.17) is 0 Å². The Morgan fingerprint density at radius 1 is 1.46 bits per heavy atom. The summed E-state index contributed by atoms with van der Waals surface area (Å²) < 4.78 is 22.3. The monoisotopic (exact) mass is 197 g/mol. The first-order valence-electron chi connectivity index (χ1n) is 3.71. The summed E-state index contributed by atoms with van der Waals surface area (Å²) in [6, 6.07) is 6.58. The van der Waals surface area contributed by atoms with E-state index in [1.54, 1.807) is 24.3 Å². The van der Waals surface area contributed by atoms with Crippen LogP contribution in [0.1, 0.15) is 0 Å². The molecule has 0 atom stereocenters. The lowest BCUT2D eigenvalue weighted by atomic mass is 10.3. The Morgan fingerprint density at radius 3 is 2.69 bits per heavy atom. The Bertz CT molecular complexity index is 409. The molecule has 4 heteroatoms. The van der Waals surface area contributed by atoms with Crippen molar-refractivity contribution in [3.05, 3.63) is 37.0 Å². The van der Waals surface area contributed by atoms with Gasteiger partial charge in [0.1, 0.15) is 0 Å². The lowest BCUT2D eigenvalue weighted by Crippen LogP contribution is -1.97. The zero-order chi connectivity index (χ0) is 9.90. The molecule has 0 aliphatic heterocycles. The minimum atomic E-state index is -3.12. The molecule has 1 aromatic rings. The van der Waals surface area contributed by atoms with Crippen molar-refractivity contribution in [1.29, 1.82) is 0 Å². The molecule has 0 aliphatic rings. The van der Waals surface area contributed by atoms with E-state index in [-0.39, 0.29) is 0 Å². The van der Waals surface area contributed by atoms with Crippen LogP contribution in [0.25, 0.3) is 0 Å². The van der Waals surface area contributed by atoms with Crippen molar-refractivity contribution < 1.29 is 8.42 Å². The molecule has 3 nitrogen and oxygen atoms in total. The normalized spacial score (nSPS) is 10.8. The van der Waals surface area contributed by atoms with Crippen LogP contribution in [-0.2, 0) is 9.84 Å². The molecule has 0 saturated carbocycles. The van der Waals surface area contributed by atoms with E-state index in [1.807, 2.05) is 0 Å². The molecule has 1 rings (SSSR count). The first kappa shape index (κ1) is 9.80. The Kier molecular flexibility index (Phi) is 2.72. The molecule has 0 aromatic heterocycles. The minimum absolute atomic E-state index is 0.305. The van der Waals surface area contributed by atoms with Crippen molar-refractivity contribution in [1.82, 2.24) is 0 Å². The van der Waals surface area contributed by atoms with Crippen LogP contribution in [0.2, 0.25) is 0 Å². The molecule has 0 heterocycles. The molecule has 13 heavy (non-hydrogen) atoms. The zero-order valence-corrected chi connectivity index (χ0v) is 8.14. The Hall–Kier alpha value is -1.29. The fourth-order valence-electron chi connectivity index (χ4n) is 0.934. The van der Waals surface area contributed by atoms with Crippen LogP contribution in [0, 0.1) is 0 Å². The molecule has 1 N–H and O–H groups in total. The lowest BCUT2D eigenvalue weighted by Gasteiger charge is -2.02. The van der Waals surface area contributed by atoms with E-state index in [9.17, 15) is 8.42 Å². The number of rotatable bonds is 3. The van der Waals surface area contributed by atoms with Crippen LogP contribution in [0.4, 0.5) is 5.69 Å². The van der Waals surface area contributed by atoms with Crippen molar-refractivity contribution in [2.75, 3.05) is 11.6 Å². The average Bonchev–Trinajstić information content (AvgIpc) is 2.04. The number of hydrogen-bond donors (Lipinski definition) is 1. The van der Waals surface area contributed by atoms with Crippen LogP contribution in [0.5, 0.6) is 0 Å². The smallest absolute Gasteiger partial charge is 0.175 e. The van der Waals surface area contributed by atoms with Gasteiger partial charge in [-0.2, -0.15) is 0 Å². The maximum Gasteiger partial charge on any atom is 0.175 e. The molecule has 0 unspecified atom stereocenters. The number of hydrogen-bond acceptors (Lipinski definition) is 3. The highest BCUT2D eigenvalue weighted by molar-refractivity contribution is 7.90. The highest BCUT2D eigenvalue weighted by Crippen LogP contribution is 2.14. The predicted octanol–water partition coefficient (Wildman–Crippen LogP) is 1.65. The third-order valence-corrected chi connectivity index (χ3v) is 2.64. The number of nitrogens with one attached hydrogen (secondary N) is 1. The number of benzene rings is 1. The molecule has 0 radical (unpaired) electrons. The molecule has 0 amide bonds. The second-order valence-corrected chi connectivity index (χ2v) is 4.66. The lowest BCUT2D eigenvalue weighted by molar-refractivity contribution is 0.602. The summed E-state index contributed by atoms with van der Waals surface area (Å²) in [7, 11) is -3.12. The van der Waals surface area contributed by atoms with Gasteiger partial charge in [-0.05, 0) is 24.4 Å². The predicted molar refractivity (Wildman–Crippen MR) is 53.4 cm³/mol. The molecule has 0 aliphatic carbocycles. The van der Waals surface area contributed by atoms with Gasteiger partial charge in [0.05, 0.1) is 4.90 Å². The zero-order valence-electron chi connectivity index (χ0n) is 7.32.